The molecule has 3 heterocycles. The molecule has 0 spiro atoms. The first-order valence-corrected chi connectivity index (χ1v) is 14.0. The number of hydrogen-bond acceptors (Lipinski definition) is 6. The summed E-state index contributed by atoms with van der Waals surface area (Å²) in [6.07, 6.45) is 3.82. The van der Waals surface area contributed by atoms with Crippen LogP contribution in [0.5, 0.6) is 5.75 Å². The van der Waals surface area contributed by atoms with E-state index in [0.717, 1.165) is 37.8 Å². The van der Waals surface area contributed by atoms with Crippen LogP contribution in [-0.2, 0) is 16.6 Å². The van der Waals surface area contributed by atoms with Crippen LogP contribution in [0.1, 0.15) is 31.2 Å². The lowest BCUT2D eigenvalue weighted by Gasteiger charge is -2.39. The lowest BCUT2D eigenvalue weighted by Crippen LogP contribution is -2.45. The Morgan fingerprint density at radius 2 is 1.88 bits per heavy atom. The van der Waals surface area contributed by atoms with Gasteiger partial charge in [-0.3, -0.25) is 9.62 Å². The van der Waals surface area contributed by atoms with Gasteiger partial charge < -0.3 is 4.74 Å². The fourth-order valence-electron chi connectivity index (χ4n) is 4.81. The number of sulfonamides is 1. The Bertz CT molecular complexity index is 1280. The van der Waals surface area contributed by atoms with Gasteiger partial charge in [0.2, 0.25) is 0 Å². The SMILES string of the molecule is O=S(=O)(Nc1cscn1)c1ccc(OC2C[C@H]3CC[C@@H](C2)N3Cc2ccc(F)c(Cl)c2)c(Cl)c1. The molecule has 2 fully saturated rings. The topological polar surface area (TPSA) is 71.5 Å². The van der Waals surface area contributed by atoms with Gasteiger partial charge in [0.25, 0.3) is 10.0 Å². The van der Waals surface area contributed by atoms with Gasteiger partial charge in [0.1, 0.15) is 17.7 Å². The van der Waals surface area contributed by atoms with Crippen molar-refractivity contribution in [1.29, 1.82) is 0 Å². The summed E-state index contributed by atoms with van der Waals surface area (Å²) < 4.78 is 47.3. The molecule has 34 heavy (non-hydrogen) atoms. The van der Waals surface area contributed by atoms with Crippen LogP contribution in [0.25, 0.3) is 0 Å². The van der Waals surface area contributed by atoms with E-state index in [1.165, 1.54) is 29.5 Å². The van der Waals surface area contributed by atoms with Gasteiger partial charge in [-0.2, -0.15) is 0 Å². The molecule has 1 N–H and O–H groups in total. The predicted octanol–water partition coefficient (Wildman–Crippen LogP) is 5.96. The minimum atomic E-state index is -3.79. The second kappa shape index (κ2) is 9.62. The molecule has 2 aliphatic rings. The molecule has 2 bridgehead atoms. The third-order valence-corrected chi connectivity index (χ3v) is 8.89. The largest absolute Gasteiger partial charge is 0.489 e. The third kappa shape index (κ3) is 5.04. The van der Waals surface area contributed by atoms with Crippen molar-refractivity contribution in [3.63, 3.8) is 0 Å². The fourth-order valence-corrected chi connectivity index (χ4v) is 6.89. The number of benzene rings is 2. The highest BCUT2D eigenvalue weighted by molar-refractivity contribution is 7.92. The maximum Gasteiger partial charge on any atom is 0.263 e. The molecule has 0 saturated carbocycles. The number of piperidine rings is 1. The minimum absolute atomic E-state index is 0.0151. The number of nitrogens with zero attached hydrogens (tertiary/aromatic N) is 2. The molecule has 11 heteroatoms. The maximum atomic E-state index is 13.5. The lowest BCUT2D eigenvalue weighted by atomic mass is 9.98. The van der Waals surface area contributed by atoms with E-state index in [4.69, 9.17) is 27.9 Å². The number of halogens is 3. The van der Waals surface area contributed by atoms with Gasteiger partial charge in [-0.05, 0) is 61.6 Å². The Kier molecular flexibility index (Phi) is 6.74. The maximum absolute atomic E-state index is 13.5. The van der Waals surface area contributed by atoms with E-state index in [2.05, 4.69) is 14.6 Å². The zero-order valence-corrected chi connectivity index (χ0v) is 21.1. The minimum Gasteiger partial charge on any atom is -0.489 e. The Morgan fingerprint density at radius 1 is 1.12 bits per heavy atom. The molecule has 2 aliphatic heterocycles. The Hall–Kier alpha value is -1.91. The number of thiazole rings is 1. The first-order valence-electron chi connectivity index (χ1n) is 10.9. The molecule has 3 aromatic rings. The van der Waals surface area contributed by atoms with Crippen molar-refractivity contribution in [2.24, 2.45) is 0 Å². The van der Waals surface area contributed by atoms with Crippen LogP contribution in [0.15, 0.2) is 52.2 Å². The molecular weight excluding hydrogens is 520 g/mol. The molecule has 3 atom stereocenters. The van der Waals surface area contributed by atoms with Gasteiger partial charge in [0.15, 0.2) is 5.82 Å². The van der Waals surface area contributed by atoms with E-state index in [-0.39, 0.29) is 26.9 Å². The Labute approximate surface area is 211 Å². The number of rotatable bonds is 7. The van der Waals surface area contributed by atoms with Crippen molar-refractivity contribution in [3.8, 4) is 5.75 Å². The zero-order valence-electron chi connectivity index (χ0n) is 18.0. The van der Waals surface area contributed by atoms with Crippen LogP contribution in [0.2, 0.25) is 10.0 Å². The number of anilines is 1. The molecular formula is C23H22Cl2FN3O3S2. The molecule has 0 radical (unpaired) electrons. The van der Waals surface area contributed by atoms with E-state index in [9.17, 15) is 12.8 Å². The van der Waals surface area contributed by atoms with Crippen LogP contribution < -0.4 is 9.46 Å². The van der Waals surface area contributed by atoms with Crippen molar-refractivity contribution in [2.45, 2.75) is 55.3 Å². The summed E-state index contributed by atoms with van der Waals surface area (Å²) in [4.78, 5) is 6.44. The molecule has 6 nitrogen and oxygen atoms in total. The summed E-state index contributed by atoms with van der Waals surface area (Å²) >= 11 is 13.7. The van der Waals surface area contributed by atoms with E-state index in [0.29, 0.717) is 17.8 Å². The average Bonchev–Trinajstić information content (AvgIpc) is 3.37. The van der Waals surface area contributed by atoms with Crippen LogP contribution in [0.3, 0.4) is 0 Å². The highest BCUT2D eigenvalue weighted by atomic mass is 35.5. The van der Waals surface area contributed by atoms with Crippen molar-refractivity contribution in [1.82, 2.24) is 9.88 Å². The van der Waals surface area contributed by atoms with Gasteiger partial charge in [0, 0.05) is 24.0 Å². The molecule has 1 unspecified atom stereocenters. The van der Waals surface area contributed by atoms with Crippen molar-refractivity contribution >= 4 is 50.4 Å². The van der Waals surface area contributed by atoms with Crippen LogP contribution >= 0.6 is 34.5 Å². The zero-order chi connectivity index (χ0) is 23.9. The second-order valence-corrected chi connectivity index (χ2v) is 11.8. The van der Waals surface area contributed by atoms with Crippen molar-refractivity contribution < 1.29 is 17.5 Å². The van der Waals surface area contributed by atoms with Gasteiger partial charge in [0.05, 0.1) is 20.5 Å². The quantitative estimate of drug-likeness (QED) is 0.399. The highest BCUT2D eigenvalue weighted by Crippen LogP contribution is 2.39. The summed E-state index contributed by atoms with van der Waals surface area (Å²) in [6.45, 7) is 0.724. The summed E-state index contributed by atoms with van der Waals surface area (Å²) in [6, 6.07) is 10.1. The van der Waals surface area contributed by atoms with Crippen LogP contribution in [-0.4, -0.2) is 36.5 Å². The number of nitrogens with one attached hydrogen (secondary N) is 1. The number of aromatic nitrogens is 1. The molecule has 2 saturated heterocycles. The molecule has 0 aliphatic carbocycles. The molecule has 2 aromatic carbocycles. The Morgan fingerprint density at radius 3 is 2.53 bits per heavy atom. The monoisotopic (exact) mass is 541 g/mol. The standard InChI is InChI=1S/C23H22Cl2FN3O3S2/c24-19-7-14(1-5-21(19)26)11-29-15-2-3-16(29)9-17(8-15)32-22-6-4-18(10-20(22)25)34(30,31)28-23-12-33-13-27-23/h1,4-7,10,12-13,15-17,28H,2-3,8-9,11H2/t15-,16+,17?. The van der Waals surface area contributed by atoms with Gasteiger partial charge >= 0.3 is 0 Å². The van der Waals surface area contributed by atoms with Crippen molar-refractivity contribution in [2.75, 3.05) is 4.72 Å². The molecule has 1 aromatic heterocycles. The lowest BCUT2D eigenvalue weighted by molar-refractivity contribution is 0.0445. The van der Waals surface area contributed by atoms with Gasteiger partial charge in [-0.1, -0.05) is 29.3 Å². The average molecular weight is 542 g/mol. The van der Waals surface area contributed by atoms with E-state index >= 15 is 0 Å². The van der Waals surface area contributed by atoms with Crippen LogP contribution in [0.4, 0.5) is 10.2 Å². The molecule has 0 amide bonds. The Balaban J connectivity index is 1.24. The van der Waals surface area contributed by atoms with E-state index < -0.39 is 15.8 Å². The van der Waals surface area contributed by atoms with Crippen molar-refractivity contribution in [3.05, 3.63) is 68.7 Å². The summed E-state index contributed by atoms with van der Waals surface area (Å²) in [5.74, 6) is 0.333. The second-order valence-electron chi connectivity index (χ2n) is 8.59. The summed E-state index contributed by atoms with van der Waals surface area (Å²) in [7, 11) is -3.79. The third-order valence-electron chi connectivity index (χ3n) is 6.37. The number of ether oxygens (including phenoxy) is 1. The fraction of sp³-hybridized carbons (Fsp3) is 0.348. The number of fused-ring (bicyclic) bond motifs is 2. The highest BCUT2D eigenvalue weighted by Gasteiger charge is 2.41. The van der Waals surface area contributed by atoms with E-state index in [1.54, 1.807) is 29.1 Å². The molecule has 180 valence electrons. The van der Waals surface area contributed by atoms with Crippen LogP contribution in [0, 0.1) is 5.82 Å². The first kappa shape index (κ1) is 23.8. The van der Waals surface area contributed by atoms with Gasteiger partial charge in [-0.25, -0.2) is 17.8 Å². The smallest absolute Gasteiger partial charge is 0.263 e. The summed E-state index contributed by atoms with van der Waals surface area (Å²) in [5, 5.41) is 2.00. The first-order chi connectivity index (χ1) is 16.3. The normalized spacial score (nSPS) is 22.6. The molecule has 5 rings (SSSR count). The van der Waals surface area contributed by atoms with Gasteiger partial charge in [-0.15, -0.1) is 11.3 Å². The summed E-state index contributed by atoms with van der Waals surface area (Å²) in [5.41, 5.74) is 2.54. The predicted molar refractivity (Wildman–Crippen MR) is 132 cm³/mol. The van der Waals surface area contributed by atoms with E-state index in [1.807, 2.05) is 0 Å². The number of hydrogen-bond donors (Lipinski definition) is 1.